The largest absolute Gasteiger partial charge is 0.391 e. The summed E-state index contributed by atoms with van der Waals surface area (Å²) in [5, 5.41) is 25.4. The van der Waals surface area contributed by atoms with Crippen LogP contribution in [0.1, 0.15) is 31.2 Å². The van der Waals surface area contributed by atoms with Gasteiger partial charge in [-0.3, -0.25) is 9.89 Å². The van der Waals surface area contributed by atoms with Gasteiger partial charge in [0.1, 0.15) is 5.84 Å². The average molecular weight is 448 g/mol. The summed E-state index contributed by atoms with van der Waals surface area (Å²) in [6, 6.07) is 6.31. The maximum atomic E-state index is 10.9. The molecule has 0 amide bonds. The molecule has 31 heavy (non-hydrogen) atoms. The lowest BCUT2D eigenvalue weighted by Crippen LogP contribution is -2.50. The molecule has 1 aliphatic heterocycles. The van der Waals surface area contributed by atoms with Crippen LogP contribution in [0.25, 0.3) is 10.2 Å². The van der Waals surface area contributed by atoms with E-state index in [1.807, 2.05) is 18.0 Å². The van der Waals surface area contributed by atoms with E-state index in [4.69, 9.17) is 9.72 Å². The number of aromatic nitrogens is 1. The van der Waals surface area contributed by atoms with E-state index >= 15 is 0 Å². The number of nitrogens with one attached hydrogen (secondary N) is 1. The molecule has 9 heteroatoms. The molecule has 1 saturated heterocycles. The molecule has 0 spiro atoms. The second-order valence-electron chi connectivity index (χ2n) is 8.39. The van der Waals surface area contributed by atoms with Gasteiger partial charge in [0.25, 0.3) is 0 Å². The SMILES string of the molecule is C/N=C(\C(O)N(C)Cc1ccc2nc(N[C@@H]3CCCC[C@H]3O)sc2c1)N1CCOCC1. The van der Waals surface area contributed by atoms with E-state index < -0.39 is 6.23 Å². The third kappa shape index (κ3) is 5.35. The number of aliphatic hydroxyl groups excluding tert-OH is 2. The van der Waals surface area contributed by atoms with Gasteiger partial charge in [0.15, 0.2) is 11.4 Å². The second kappa shape index (κ2) is 10.2. The highest BCUT2D eigenvalue weighted by atomic mass is 32.1. The molecule has 1 aliphatic carbocycles. The molecule has 1 saturated carbocycles. The second-order valence-corrected chi connectivity index (χ2v) is 9.42. The Morgan fingerprint density at radius 1 is 1.35 bits per heavy atom. The number of fused-ring (bicyclic) bond motifs is 1. The van der Waals surface area contributed by atoms with Gasteiger partial charge in [-0.25, -0.2) is 4.98 Å². The number of benzene rings is 1. The van der Waals surface area contributed by atoms with Gasteiger partial charge in [-0.2, -0.15) is 0 Å². The van der Waals surface area contributed by atoms with E-state index in [1.54, 1.807) is 18.4 Å². The monoisotopic (exact) mass is 447 g/mol. The van der Waals surface area contributed by atoms with Crippen LogP contribution in [0.4, 0.5) is 5.13 Å². The van der Waals surface area contributed by atoms with E-state index in [9.17, 15) is 10.2 Å². The van der Waals surface area contributed by atoms with Crippen LogP contribution >= 0.6 is 11.3 Å². The molecule has 2 aromatic rings. The van der Waals surface area contributed by atoms with Gasteiger partial charge in [0.2, 0.25) is 0 Å². The summed E-state index contributed by atoms with van der Waals surface area (Å²) in [4.78, 5) is 13.0. The Morgan fingerprint density at radius 3 is 2.87 bits per heavy atom. The van der Waals surface area contributed by atoms with Gasteiger partial charge in [-0.1, -0.05) is 30.2 Å². The first-order valence-electron chi connectivity index (χ1n) is 11.1. The lowest BCUT2D eigenvalue weighted by Gasteiger charge is -2.34. The van der Waals surface area contributed by atoms with E-state index in [-0.39, 0.29) is 12.1 Å². The highest BCUT2D eigenvalue weighted by Crippen LogP contribution is 2.30. The topological polar surface area (TPSA) is 93.5 Å². The highest BCUT2D eigenvalue weighted by Gasteiger charge is 2.25. The molecule has 2 aliphatic rings. The summed E-state index contributed by atoms with van der Waals surface area (Å²) >= 11 is 1.62. The third-order valence-corrected chi connectivity index (χ3v) is 7.09. The Balaban J connectivity index is 1.41. The Kier molecular flexibility index (Phi) is 7.39. The van der Waals surface area contributed by atoms with Gasteiger partial charge in [-0.05, 0) is 37.6 Å². The predicted molar refractivity (Wildman–Crippen MR) is 125 cm³/mol. The number of rotatable bonds is 6. The van der Waals surface area contributed by atoms with Crippen LogP contribution in [0.3, 0.4) is 0 Å². The number of hydrogen-bond acceptors (Lipinski definition) is 8. The summed E-state index contributed by atoms with van der Waals surface area (Å²) in [6.45, 7) is 3.41. The molecular weight excluding hydrogens is 414 g/mol. The van der Waals surface area contributed by atoms with Gasteiger partial charge in [-0.15, -0.1) is 0 Å². The fourth-order valence-corrected chi connectivity index (χ4v) is 5.34. The number of anilines is 1. The van der Waals surface area contributed by atoms with Gasteiger partial charge >= 0.3 is 0 Å². The van der Waals surface area contributed by atoms with Crippen LogP contribution in [0.15, 0.2) is 23.2 Å². The van der Waals surface area contributed by atoms with Gasteiger partial charge < -0.3 is 25.2 Å². The molecule has 2 heterocycles. The fourth-order valence-electron chi connectivity index (χ4n) is 4.35. The molecule has 1 aromatic heterocycles. The van der Waals surface area contributed by atoms with Crippen LogP contribution in [0.2, 0.25) is 0 Å². The molecule has 4 rings (SSSR count). The minimum Gasteiger partial charge on any atom is -0.391 e. The number of ether oxygens (including phenoxy) is 1. The quantitative estimate of drug-likeness (QED) is 0.355. The van der Waals surface area contributed by atoms with E-state index in [1.165, 1.54) is 0 Å². The van der Waals surface area contributed by atoms with Crippen molar-refractivity contribution in [3.8, 4) is 0 Å². The number of thiazole rings is 1. The van der Waals surface area contributed by atoms with Gasteiger partial charge in [0.05, 0.1) is 35.6 Å². The number of likely N-dealkylation sites (N-methyl/N-ethyl adjacent to an activating group) is 1. The molecule has 0 bridgehead atoms. The smallest absolute Gasteiger partial charge is 0.184 e. The molecule has 3 atom stereocenters. The van der Waals surface area contributed by atoms with Crippen molar-refractivity contribution in [3.05, 3.63) is 23.8 Å². The molecule has 2 fully saturated rings. The Labute approximate surface area is 187 Å². The lowest BCUT2D eigenvalue weighted by molar-refractivity contribution is 0.0360. The minimum atomic E-state index is -0.773. The number of amidine groups is 1. The lowest BCUT2D eigenvalue weighted by atomic mass is 9.93. The first-order chi connectivity index (χ1) is 15.0. The minimum absolute atomic E-state index is 0.0852. The van der Waals surface area contributed by atoms with Crippen molar-refractivity contribution in [3.63, 3.8) is 0 Å². The van der Waals surface area contributed by atoms with Crippen molar-refractivity contribution < 1.29 is 14.9 Å². The maximum absolute atomic E-state index is 10.9. The standard InChI is InChI=1S/C22H33N5O3S/c1-23-20(27-9-11-30-12-10-27)21(29)26(2)14-15-7-8-17-19(13-15)31-22(25-17)24-16-5-3-4-6-18(16)28/h7-8,13,16,18,21,28-29H,3-6,9-12,14H2,1-2H3,(H,24,25)/b23-20+/t16-,18-,21?/m1/s1. The zero-order valence-corrected chi connectivity index (χ0v) is 19.1. The number of hydrogen-bond donors (Lipinski definition) is 3. The third-order valence-electron chi connectivity index (χ3n) is 6.14. The number of morpholine rings is 1. The van der Waals surface area contributed by atoms with Crippen molar-refractivity contribution in [2.45, 2.75) is 50.6 Å². The Morgan fingerprint density at radius 2 is 2.13 bits per heavy atom. The van der Waals surface area contributed by atoms with Crippen molar-refractivity contribution in [1.82, 2.24) is 14.8 Å². The molecular formula is C22H33N5O3S. The van der Waals surface area contributed by atoms with Crippen LogP contribution in [0, 0.1) is 0 Å². The summed E-state index contributed by atoms with van der Waals surface area (Å²) < 4.78 is 6.51. The number of aliphatic imine (C=N–C) groups is 1. The first kappa shape index (κ1) is 22.4. The molecule has 1 aromatic carbocycles. The maximum Gasteiger partial charge on any atom is 0.184 e. The van der Waals surface area contributed by atoms with Crippen LogP contribution < -0.4 is 5.32 Å². The van der Waals surface area contributed by atoms with Crippen LogP contribution in [0.5, 0.6) is 0 Å². The summed E-state index contributed by atoms with van der Waals surface area (Å²) in [7, 11) is 3.63. The average Bonchev–Trinajstić information content (AvgIpc) is 3.18. The van der Waals surface area contributed by atoms with Crippen molar-refractivity contribution in [2.24, 2.45) is 4.99 Å². The van der Waals surface area contributed by atoms with Crippen molar-refractivity contribution in [1.29, 1.82) is 0 Å². The Bertz CT molecular complexity index is 898. The van der Waals surface area contributed by atoms with Crippen LogP contribution in [-0.2, 0) is 11.3 Å². The molecule has 1 unspecified atom stereocenters. The molecule has 8 nitrogen and oxygen atoms in total. The fraction of sp³-hybridized carbons (Fsp3) is 0.636. The summed E-state index contributed by atoms with van der Waals surface area (Å²) in [5.41, 5.74) is 2.06. The molecule has 0 radical (unpaired) electrons. The zero-order valence-electron chi connectivity index (χ0n) is 18.3. The number of aliphatic hydroxyl groups is 2. The van der Waals surface area contributed by atoms with Gasteiger partial charge in [0, 0.05) is 26.7 Å². The van der Waals surface area contributed by atoms with Crippen molar-refractivity contribution >= 4 is 32.5 Å². The summed E-state index contributed by atoms with van der Waals surface area (Å²) in [5.74, 6) is 0.683. The normalized spacial score (nSPS) is 24.0. The van der Waals surface area contributed by atoms with Crippen LogP contribution in [-0.4, -0.2) is 89.6 Å². The van der Waals surface area contributed by atoms with E-state index in [2.05, 4.69) is 27.3 Å². The zero-order chi connectivity index (χ0) is 21.8. The van der Waals surface area contributed by atoms with Crippen molar-refractivity contribution in [2.75, 3.05) is 45.7 Å². The summed E-state index contributed by atoms with van der Waals surface area (Å²) in [6.07, 6.45) is 3.01. The Hall–Kier alpha value is -1.78. The molecule has 170 valence electrons. The first-order valence-corrected chi connectivity index (χ1v) is 11.9. The van der Waals surface area contributed by atoms with E-state index in [0.29, 0.717) is 25.6 Å². The predicted octanol–water partition coefficient (Wildman–Crippen LogP) is 2.12. The number of nitrogens with zero attached hydrogens (tertiary/aromatic N) is 4. The molecule has 3 N–H and O–H groups in total. The highest BCUT2D eigenvalue weighted by molar-refractivity contribution is 7.22. The van der Waals surface area contributed by atoms with E-state index in [0.717, 1.165) is 59.7 Å².